The Balaban J connectivity index is 1.42. The molecular formula is C22H25N5O4. The number of pyridine rings is 1. The van der Waals surface area contributed by atoms with E-state index >= 15 is 0 Å². The molecule has 4 rings (SSSR count). The van der Waals surface area contributed by atoms with E-state index in [1.54, 1.807) is 18.0 Å². The van der Waals surface area contributed by atoms with Crippen LogP contribution in [0.1, 0.15) is 28.8 Å². The molecule has 162 valence electrons. The Bertz CT molecular complexity index is 989. The van der Waals surface area contributed by atoms with Crippen molar-refractivity contribution in [1.82, 2.24) is 14.8 Å². The van der Waals surface area contributed by atoms with E-state index in [2.05, 4.69) is 9.88 Å². The summed E-state index contributed by atoms with van der Waals surface area (Å²) in [6.45, 7) is 4.70. The highest BCUT2D eigenvalue weighted by atomic mass is 16.6. The number of benzene rings is 1. The van der Waals surface area contributed by atoms with E-state index in [4.69, 9.17) is 0 Å². The fourth-order valence-corrected chi connectivity index (χ4v) is 4.33. The van der Waals surface area contributed by atoms with Gasteiger partial charge in [0.2, 0.25) is 5.91 Å². The van der Waals surface area contributed by atoms with Crippen molar-refractivity contribution in [1.29, 1.82) is 0 Å². The van der Waals surface area contributed by atoms with Crippen molar-refractivity contribution in [3.63, 3.8) is 0 Å². The molecule has 0 N–H and O–H groups in total. The van der Waals surface area contributed by atoms with Gasteiger partial charge < -0.3 is 14.7 Å². The maximum Gasteiger partial charge on any atom is 0.272 e. The van der Waals surface area contributed by atoms with Gasteiger partial charge in [0.25, 0.3) is 11.6 Å². The number of aromatic nitrogens is 1. The van der Waals surface area contributed by atoms with E-state index in [-0.39, 0.29) is 17.5 Å². The lowest BCUT2D eigenvalue weighted by atomic mass is 10.1. The summed E-state index contributed by atoms with van der Waals surface area (Å²) in [5.74, 6) is 0.631. The SMILES string of the molecule is Cc1cc(C(=O)N2CCCC2C(=O)N2CCN(c3ccccn3)CC2)ccc1[N+](=O)[O-]. The first kappa shape index (κ1) is 20.8. The van der Waals surface area contributed by atoms with Gasteiger partial charge in [-0.15, -0.1) is 0 Å². The number of rotatable bonds is 4. The van der Waals surface area contributed by atoms with Crippen LogP contribution in [0.3, 0.4) is 0 Å². The number of likely N-dealkylation sites (tertiary alicyclic amines) is 1. The Morgan fingerprint density at radius 3 is 2.52 bits per heavy atom. The maximum absolute atomic E-state index is 13.2. The predicted molar refractivity (Wildman–Crippen MR) is 115 cm³/mol. The van der Waals surface area contributed by atoms with Gasteiger partial charge in [-0.3, -0.25) is 19.7 Å². The topological polar surface area (TPSA) is 99.9 Å². The number of amides is 2. The molecule has 0 aliphatic carbocycles. The van der Waals surface area contributed by atoms with Gasteiger partial charge in [0, 0.05) is 56.1 Å². The zero-order chi connectivity index (χ0) is 22.0. The average molecular weight is 423 g/mol. The van der Waals surface area contributed by atoms with Crippen LogP contribution >= 0.6 is 0 Å². The van der Waals surface area contributed by atoms with Crippen molar-refractivity contribution in [2.75, 3.05) is 37.6 Å². The number of hydrogen-bond donors (Lipinski definition) is 0. The van der Waals surface area contributed by atoms with Crippen LogP contribution in [0.4, 0.5) is 11.5 Å². The van der Waals surface area contributed by atoms with Crippen LogP contribution in [0.2, 0.25) is 0 Å². The quantitative estimate of drug-likeness (QED) is 0.552. The standard InChI is InChI=1S/C22H25N5O4/c1-16-15-17(7-8-18(16)27(30)31)21(28)26-10-4-5-19(26)22(29)25-13-11-24(12-14-25)20-6-2-3-9-23-20/h2-3,6-9,15,19H,4-5,10-14H2,1H3. The van der Waals surface area contributed by atoms with Gasteiger partial charge in [0.05, 0.1) is 4.92 Å². The molecule has 2 saturated heterocycles. The first-order valence-corrected chi connectivity index (χ1v) is 10.5. The van der Waals surface area contributed by atoms with E-state index in [0.717, 1.165) is 12.2 Å². The molecule has 0 radical (unpaired) electrons. The lowest BCUT2D eigenvalue weighted by Crippen LogP contribution is -2.54. The second-order valence-corrected chi connectivity index (χ2v) is 7.92. The number of carbonyl (C=O) groups is 2. The van der Waals surface area contributed by atoms with Crippen molar-refractivity contribution >= 4 is 23.3 Å². The summed E-state index contributed by atoms with van der Waals surface area (Å²) in [5, 5.41) is 11.0. The molecule has 1 aromatic heterocycles. The highest BCUT2D eigenvalue weighted by Crippen LogP contribution is 2.25. The third-order valence-electron chi connectivity index (χ3n) is 6.00. The van der Waals surface area contributed by atoms with Crippen molar-refractivity contribution in [2.24, 2.45) is 0 Å². The van der Waals surface area contributed by atoms with Crippen molar-refractivity contribution in [2.45, 2.75) is 25.8 Å². The van der Waals surface area contributed by atoms with Crippen molar-refractivity contribution in [3.05, 3.63) is 63.8 Å². The van der Waals surface area contributed by atoms with Crippen LogP contribution < -0.4 is 4.90 Å². The maximum atomic E-state index is 13.2. The fourth-order valence-electron chi connectivity index (χ4n) is 4.33. The van der Waals surface area contributed by atoms with E-state index in [1.165, 1.54) is 18.2 Å². The van der Waals surface area contributed by atoms with Crippen molar-refractivity contribution in [3.8, 4) is 0 Å². The second-order valence-electron chi connectivity index (χ2n) is 7.92. The lowest BCUT2D eigenvalue weighted by Gasteiger charge is -2.37. The molecule has 2 aliphatic heterocycles. The number of nitro groups is 1. The number of anilines is 1. The molecule has 2 aromatic rings. The largest absolute Gasteiger partial charge is 0.353 e. The van der Waals surface area contributed by atoms with Crippen molar-refractivity contribution < 1.29 is 14.5 Å². The van der Waals surface area contributed by atoms with Crippen LogP contribution in [0, 0.1) is 17.0 Å². The molecule has 2 aliphatic rings. The number of carbonyl (C=O) groups excluding carboxylic acids is 2. The normalized spacial score (nSPS) is 18.9. The monoisotopic (exact) mass is 423 g/mol. The summed E-state index contributed by atoms with van der Waals surface area (Å²) in [4.78, 5) is 46.8. The summed E-state index contributed by atoms with van der Waals surface area (Å²) in [5.41, 5.74) is 0.794. The third kappa shape index (κ3) is 4.21. The second kappa shape index (κ2) is 8.71. The Morgan fingerprint density at radius 2 is 1.87 bits per heavy atom. The van der Waals surface area contributed by atoms with Gasteiger partial charge in [-0.05, 0) is 44.0 Å². The van der Waals surface area contributed by atoms with Gasteiger partial charge in [-0.1, -0.05) is 6.07 Å². The van der Waals surface area contributed by atoms with Gasteiger partial charge >= 0.3 is 0 Å². The van der Waals surface area contributed by atoms with Gasteiger partial charge in [0.1, 0.15) is 11.9 Å². The number of nitrogens with zero attached hydrogens (tertiary/aromatic N) is 5. The molecule has 0 bridgehead atoms. The Hall–Kier alpha value is -3.49. The average Bonchev–Trinajstić information content (AvgIpc) is 3.28. The molecule has 1 atom stereocenters. The number of aryl methyl sites for hydroxylation is 1. The smallest absolute Gasteiger partial charge is 0.272 e. The van der Waals surface area contributed by atoms with Crippen LogP contribution in [-0.4, -0.2) is 70.3 Å². The molecule has 9 heteroatoms. The van der Waals surface area contributed by atoms with Crippen LogP contribution in [0.25, 0.3) is 0 Å². The van der Waals surface area contributed by atoms with Crippen LogP contribution in [-0.2, 0) is 4.79 Å². The summed E-state index contributed by atoms with van der Waals surface area (Å²) in [7, 11) is 0. The molecule has 3 heterocycles. The molecule has 2 amide bonds. The highest BCUT2D eigenvalue weighted by Gasteiger charge is 2.38. The third-order valence-corrected chi connectivity index (χ3v) is 6.00. The minimum atomic E-state index is -0.482. The summed E-state index contributed by atoms with van der Waals surface area (Å²) in [6, 6.07) is 9.66. The first-order valence-electron chi connectivity index (χ1n) is 10.5. The number of hydrogen-bond acceptors (Lipinski definition) is 6. The van der Waals surface area contributed by atoms with Crippen LogP contribution in [0.15, 0.2) is 42.6 Å². The molecule has 2 fully saturated rings. The minimum Gasteiger partial charge on any atom is -0.353 e. The molecular weight excluding hydrogens is 398 g/mol. The summed E-state index contributed by atoms with van der Waals surface area (Å²) < 4.78 is 0. The van der Waals surface area contributed by atoms with E-state index < -0.39 is 11.0 Å². The lowest BCUT2D eigenvalue weighted by molar-refractivity contribution is -0.385. The van der Waals surface area contributed by atoms with Crippen LogP contribution in [0.5, 0.6) is 0 Å². The van der Waals surface area contributed by atoms with E-state index in [0.29, 0.717) is 50.3 Å². The molecule has 1 aromatic carbocycles. The molecule has 31 heavy (non-hydrogen) atoms. The molecule has 0 saturated carbocycles. The molecule has 0 spiro atoms. The molecule has 1 unspecified atom stereocenters. The molecule has 9 nitrogen and oxygen atoms in total. The van der Waals surface area contributed by atoms with Gasteiger partial charge in [-0.2, -0.15) is 0 Å². The number of nitro benzene ring substituents is 1. The minimum absolute atomic E-state index is 0.0172. The van der Waals surface area contributed by atoms with Gasteiger partial charge in [0.15, 0.2) is 0 Å². The summed E-state index contributed by atoms with van der Waals surface area (Å²) >= 11 is 0. The highest BCUT2D eigenvalue weighted by molar-refractivity contribution is 5.98. The first-order chi connectivity index (χ1) is 15.0. The Morgan fingerprint density at radius 1 is 1.10 bits per heavy atom. The Kier molecular flexibility index (Phi) is 5.83. The Labute approximate surface area is 180 Å². The zero-order valence-corrected chi connectivity index (χ0v) is 17.4. The summed E-state index contributed by atoms with van der Waals surface area (Å²) in [6.07, 6.45) is 3.16. The van der Waals surface area contributed by atoms with Gasteiger partial charge in [-0.25, -0.2) is 4.98 Å². The number of piperazine rings is 1. The predicted octanol–water partition coefficient (Wildman–Crippen LogP) is 2.25. The van der Waals surface area contributed by atoms with E-state index in [9.17, 15) is 19.7 Å². The van der Waals surface area contributed by atoms with E-state index in [1.807, 2.05) is 23.1 Å². The zero-order valence-electron chi connectivity index (χ0n) is 17.4. The fraction of sp³-hybridized carbons (Fsp3) is 0.409.